The van der Waals surface area contributed by atoms with Gasteiger partial charge in [-0.05, 0) is 37.6 Å². The van der Waals surface area contributed by atoms with Crippen molar-refractivity contribution in [1.82, 2.24) is 19.4 Å². The van der Waals surface area contributed by atoms with E-state index < -0.39 is 12.1 Å². The molecule has 2 N–H and O–H groups in total. The Bertz CT molecular complexity index is 1310. The first-order chi connectivity index (χ1) is 16.6. The van der Waals surface area contributed by atoms with Gasteiger partial charge in [0.2, 0.25) is 0 Å². The fourth-order valence-corrected chi connectivity index (χ4v) is 4.08. The maximum absolute atomic E-state index is 13.0. The molecule has 35 heavy (non-hydrogen) atoms. The van der Waals surface area contributed by atoms with Gasteiger partial charge < -0.3 is 15.3 Å². The van der Waals surface area contributed by atoms with Crippen molar-refractivity contribution >= 4 is 22.8 Å². The van der Waals surface area contributed by atoms with Crippen LogP contribution in [0, 0.1) is 11.3 Å². The maximum atomic E-state index is 13.0. The highest BCUT2D eigenvalue weighted by atomic mass is 19.4. The first-order valence-electron chi connectivity index (χ1n) is 10.8. The largest absolute Gasteiger partial charge is 0.490 e. The zero-order valence-electron chi connectivity index (χ0n) is 19.2. The number of benzene rings is 1. The average Bonchev–Trinajstić information content (AvgIpc) is 3.09. The number of aryl methyl sites for hydroxylation is 1. The normalized spacial score (nSPS) is 15.9. The summed E-state index contributed by atoms with van der Waals surface area (Å²) in [7, 11) is 3.74. The van der Waals surface area contributed by atoms with Crippen LogP contribution in [-0.2, 0) is 18.4 Å². The predicted molar refractivity (Wildman–Crippen MR) is 123 cm³/mol. The molecule has 1 aliphatic heterocycles. The van der Waals surface area contributed by atoms with Gasteiger partial charge in [0, 0.05) is 32.4 Å². The lowest BCUT2D eigenvalue weighted by atomic mass is 10.1. The number of nitrogens with one attached hydrogen (secondary N) is 1. The Morgan fingerprint density at radius 2 is 2.00 bits per heavy atom. The quantitative estimate of drug-likeness (QED) is 0.577. The van der Waals surface area contributed by atoms with Crippen LogP contribution >= 0.6 is 0 Å². The monoisotopic (exact) mass is 490 g/mol. The average molecular weight is 490 g/mol. The summed E-state index contributed by atoms with van der Waals surface area (Å²) >= 11 is 0. The summed E-state index contributed by atoms with van der Waals surface area (Å²) in [4.78, 5) is 28.7. The number of nitrogens with zero attached hydrogens (tertiary/aromatic N) is 5. The first-order valence-corrected chi connectivity index (χ1v) is 10.8. The van der Waals surface area contributed by atoms with E-state index in [1.807, 2.05) is 31.3 Å². The van der Waals surface area contributed by atoms with E-state index in [4.69, 9.17) is 9.90 Å². The van der Waals surface area contributed by atoms with Crippen LogP contribution in [0.5, 0.6) is 0 Å². The number of aromatic nitrogens is 3. The van der Waals surface area contributed by atoms with E-state index in [0.29, 0.717) is 23.8 Å². The fourth-order valence-electron chi connectivity index (χ4n) is 4.08. The molecule has 0 bridgehead atoms. The Kier molecular flexibility index (Phi) is 7.81. The molecule has 1 fully saturated rings. The van der Waals surface area contributed by atoms with E-state index in [-0.39, 0.29) is 5.69 Å². The van der Waals surface area contributed by atoms with Gasteiger partial charge in [-0.1, -0.05) is 18.2 Å². The van der Waals surface area contributed by atoms with Gasteiger partial charge in [-0.2, -0.15) is 18.4 Å². The van der Waals surface area contributed by atoms with Gasteiger partial charge in [0.05, 0.1) is 23.9 Å². The van der Waals surface area contributed by atoms with Gasteiger partial charge in [-0.25, -0.2) is 14.6 Å². The number of halogens is 3. The molecular formula is C23H25F3N6O3. The number of fused-ring (bicyclic) bond motifs is 1. The topological polar surface area (TPSA) is 116 Å². The molecule has 3 heterocycles. The molecule has 1 aliphatic rings. The van der Waals surface area contributed by atoms with Gasteiger partial charge in [0.1, 0.15) is 5.52 Å². The Balaban J connectivity index is 0.000000429. The zero-order valence-corrected chi connectivity index (χ0v) is 19.2. The summed E-state index contributed by atoms with van der Waals surface area (Å²) in [6.45, 7) is 2.20. The molecule has 1 aromatic carbocycles. The molecule has 0 unspecified atom stereocenters. The highest BCUT2D eigenvalue weighted by Gasteiger charge is 2.38. The summed E-state index contributed by atoms with van der Waals surface area (Å²) in [5.74, 6) is -2.76. The highest BCUT2D eigenvalue weighted by molar-refractivity contribution is 5.87. The van der Waals surface area contributed by atoms with Crippen molar-refractivity contribution in [3.8, 4) is 6.07 Å². The van der Waals surface area contributed by atoms with Crippen LogP contribution in [0.25, 0.3) is 11.2 Å². The zero-order chi connectivity index (χ0) is 25.8. The van der Waals surface area contributed by atoms with Gasteiger partial charge in [-0.15, -0.1) is 0 Å². The van der Waals surface area contributed by atoms with Crippen LogP contribution in [0.15, 0.2) is 41.3 Å². The van der Waals surface area contributed by atoms with Gasteiger partial charge in [0.25, 0.3) is 0 Å². The smallest absolute Gasteiger partial charge is 0.475 e. The second kappa shape index (κ2) is 10.6. The number of piperidine rings is 1. The molecule has 3 aromatic rings. The Morgan fingerprint density at radius 1 is 1.31 bits per heavy atom. The van der Waals surface area contributed by atoms with Crippen molar-refractivity contribution in [2.75, 3.05) is 25.0 Å². The van der Waals surface area contributed by atoms with Crippen molar-refractivity contribution < 1.29 is 23.1 Å². The molecule has 186 valence electrons. The fraction of sp³-hybridized carbons (Fsp3) is 0.391. The summed E-state index contributed by atoms with van der Waals surface area (Å²) in [5.41, 5.74) is 3.83. The van der Waals surface area contributed by atoms with E-state index in [1.165, 1.54) is 0 Å². The number of anilines is 1. The van der Waals surface area contributed by atoms with Crippen LogP contribution in [0.3, 0.4) is 0 Å². The van der Waals surface area contributed by atoms with E-state index in [9.17, 15) is 23.2 Å². The number of pyridine rings is 1. The van der Waals surface area contributed by atoms with Gasteiger partial charge in [0.15, 0.2) is 5.65 Å². The third kappa shape index (κ3) is 5.63. The number of carbonyl (C=O) groups is 1. The number of likely N-dealkylation sites (N-methyl/N-ethyl adjacent to an activating group) is 1. The van der Waals surface area contributed by atoms with Crippen molar-refractivity contribution in [2.45, 2.75) is 31.6 Å². The number of carboxylic acid groups (broad SMARTS) is 1. The number of nitriles is 1. The third-order valence-electron chi connectivity index (χ3n) is 5.87. The number of imidazole rings is 1. The minimum Gasteiger partial charge on any atom is -0.475 e. The SMILES string of the molecule is CN[C@@H]1CCCN(c2ccnc3c2n(Cc2ccccc2C#N)c(=O)n3C)C1.O=C(O)C(F)(F)F. The number of rotatable bonds is 4. The molecular weight excluding hydrogens is 465 g/mol. The second-order valence-corrected chi connectivity index (χ2v) is 8.08. The molecule has 12 heteroatoms. The number of aliphatic carboxylic acids is 1. The van der Waals surface area contributed by atoms with Crippen LogP contribution in [0.4, 0.5) is 18.9 Å². The van der Waals surface area contributed by atoms with Crippen molar-refractivity contribution in [2.24, 2.45) is 7.05 Å². The number of alkyl halides is 3. The van der Waals surface area contributed by atoms with Crippen molar-refractivity contribution in [3.05, 3.63) is 58.1 Å². The van der Waals surface area contributed by atoms with Crippen LogP contribution in [0.2, 0.25) is 0 Å². The molecule has 2 aromatic heterocycles. The molecule has 1 atom stereocenters. The van der Waals surface area contributed by atoms with Gasteiger partial charge in [-0.3, -0.25) is 9.13 Å². The Labute approximate surface area is 199 Å². The van der Waals surface area contributed by atoms with E-state index in [1.54, 1.807) is 28.4 Å². The van der Waals surface area contributed by atoms with Crippen molar-refractivity contribution in [1.29, 1.82) is 5.26 Å². The van der Waals surface area contributed by atoms with Crippen LogP contribution in [-0.4, -0.2) is 57.5 Å². The Morgan fingerprint density at radius 3 is 2.63 bits per heavy atom. The maximum Gasteiger partial charge on any atom is 0.490 e. The molecule has 0 spiro atoms. The molecule has 9 nitrogen and oxygen atoms in total. The first kappa shape index (κ1) is 25.8. The number of hydrogen-bond donors (Lipinski definition) is 2. The number of carboxylic acids is 1. The van der Waals surface area contributed by atoms with E-state index in [2.05, 4.69) is 21.3 Å². The summed E-state index contributed by atoms with van der Waals surface area (Å²) in [6, 6.07) is 12.1. The third-order valence-corrected chi connectivity index (χ3v) is 5.87. The standard InChI is InChI=1S/C21H24N6O.C2HF3O2/c1-23-17-8-5-11-26(14-17)18-9-10-24-20-19(18)27(21(28)25(20)2)13-16-7-4-3-6-15(16)12-22;3-2(4,5)1(6)7/h3-4,6-7,9-10,17,23H,5,8,11,13-14H2,1-2H3;(H,6,7)/t17-;/m1./s1. The minimum absolute atomic E-state index is 0.120. The molecule has 0 aliphatic carbocycles. The molecule has 0 radical (unpaired) electrons. The second-order valence-electron chi connectivity index (χ2n) is 8.08. The lowest BCUT2D eigenvalue weighted by molar-refractivity contribution is -0.192. The number of hydrogen-bond acceptors (Lipinski definition) is 6. The molecule has 1 saturated heterocycles. The van der Waals surface area contributed by atoms with Crippen molar-refractivity contribution in [3.63, 3.8) is 0 Å². The minimum atomic E-state index is -5.08. The van der Waals surface area contributed by atoms with E-state index in [0.717, 1.165) is 42.7 Å². The predicted octanol–water partition coefficient (Wildman–Crippen LogP) is 2.48. The molecule has 0 saturated carbocycles. The summed E-state index contributed by atoms with van der Waals surface area (Å²) in [5, 5.41) is 19.9. The lowest BCUT2D eigenvalue weighted by Crippen LogP contribution is -2.44. The van der Waals surface area contributed by atoms with Crippen LogP contribution in [0.1, 0.15) is 24.0 Å². The summed E-state index contributed by atoms with van der Waals surface area (Å²) < 4.78 is 35.1. The van der Waals surface area contributed by atoms with Crippen LogP contribution < -0.4 is 15.9 Å². The molecule has 0 amide bonds. The summed E-state index contributed by atoms with van der Waals surface area (Å²) in [6.07, 6.45) is -1.06. The van der Waals surface area contributed by atoms with E-state index >= 15 is 0 Å². The lowest BCUT2D eigenvalue weighted by Gasteiger charge is -2.34. The van der Waals surface area contributed by atoms with Gasteiger partial charge >= 0.3 is 17.8 Å². The highest BCUT2D eigenvalue weighted by Crippen LogP contribution is 2.28. The molecule has 4 rings (SSSR count). The Hall–Kier alpha value is -3.85.